The highest BCUT2D eigenvalue weighted by Crippen LogP contribution is 2.22. The maximum atomic E-state index is 5.23. The number of nitrogens with one attached hydrogen (secondary N) is 1. The SMILES string of the molecule is CCCNCc1cn(Cc2nc(C)no2)c2ccccc12. The van der Waals surface area contributed by atoms with E-state index in [0.717, 1.165) is 19.5 Å². The third-order valence-corrected chi connectivity index (χ3v) is 3.49. The van der Waals surface area contributed by atoms with Crippen LogP contribution in [0.5, 0.6) is 0 Å². The van der Waals surface area contributed by atoms with E-state index in [-0.39, 0.29) is 0 Å². The molecule has 110 valence electrons. The third kappa shape index (κ3) is 2.97. The van der Waals surface area contributed by atoms with Crippen LogP contribution in [-0.2, 0) is 13.1 Å². The number of aryl methyl sites for hydroxylation is 1. The van der Waals surface area contributed by atoms with Crippen molar-refractivity contribution in [2.24, 2.45) is 0 Å². The van der Waals surface area contributed by atoms with Crippen molar-refractivity contribution in [2.75, 3.05) is 6.54 Å². The lowest BCUT2D eigenvalue weighted by Crippen LogP contribution is -2.13. The van der Waals surface area contributed by atoms with Crippen LogP contribution in [0.3, 0.4) is 0 Å². The first kappa shape index (κ1) is 13.8. The molecule has 3 aromatic rings. The second kappa shape index (κ2) is 6.10. The molecule has 0 saturated carbocycles. The Kier molecular flexibility index (Phi) is 4.01. The molecule has 0 amide bonds. The van der Waals surface area contributed by atoms with Gasteiger partial charge in [-0.25, -0.2) is 0 Å². The molecule has 5 heteroatoms. The first-order chi connectivity index (χ1) is 10.3. The standard InChI is InChI=1S/C16H20N4O/c1-3-8-17-9-13-10-20(11-16-18-12(2)19-21-16)15-7-5-4-6-14(13)15/h4-7,10,17H,3,8-9,11H2,1-2H3. The molecule has 0 aliphatic heterocycles. The zero-order valence-corrected chi connectivity index (χ0v) is 12.5. The van der Waals surface area contributed by atoms with Gasteiger partial charge in [0, 0.05) is 23.6 Å². The van der Waals surface area contributed by atoms with Gasteiger partial charge in [-0.3, -0.25) is 0 Å². The van der Waals surface area contributed by atoms with E-state index in [4.69, 9.17) is 4.52 Å². The van der Waals surface area contributed by atoms with Gasteiger partial charge in [-0.05, 0) is 31.5 Å². The fourth-order valence-corrected chi connectivity index (χ4v) is 2.54. The molecule has 0 fully saturated rings. The van der Waals surface area contributed by atoms with Gasteiger partial charge in [0.15, 0.2) is 5.82 Å². The van der Waals surface area contributed by atoms with Crippen molar-refractivity contribution in [3.63, 3.8) is 0 Å². The smallest absolute Gasteiger partial charge is 0.246 e. The lowest BCUT2D eigenvalue weighted by molar-refractivity contribution is 0.369. The van der Waals surface area contributed by atoms with E-state index < -0.39 is 0 Å². The minimum atomic E-state index is 0.606. The summed E-state index contributed by atoms with van der Waals surface area (Å²) in [4.78, 5) is 4.28. The van der Waals surface area contributed by atoms with E-state index in [9.17, 15) is 0 Å². The summed E-state index contributed by atoms with van der Waals surface area (Å²) in [7, 11) is 0. The Hall–Kier alpha value is -2.14. The van der Waals surface area contributed by atoms with E-state index in [2.05, 4.69) is 57.4 Å². The van der Waals surface area contributed by atoms with Crippen LogP contribution in [-0.4, -0.2) is 21.3 Å². The highest BCUT2D eigenvalue weighted by molar-refractivity contribution is 5.84. The van der Waals surface area contributed by atoms with Gasteiger partial charge >= 0.3 is 0 Å². The molecule has 0 aliphatic rings. The van der Waals surface area contributed by atoms with Crippen molar-refractivity contribution in [3.05, 3.63) is 47.7 Å². The predicted octanol–water partition coefficient (Wildman–Crippen LogP) is 2.88. The number of hydrogen-bond donors (Lipinski definition) is 1. The average Bonchev–Trinajstić information content (AvgIpc) is 3.05. The molecule has 0 aliphatic carbocycles. The van der Waals surface area contributed by atoms with Crippen LogP contribution >= 0.6 is 0 Å². The Balaban J connectivity index is 1.90. The minimum Gasteiger partial charge on any atom is -0.338 e. The Bertz CT molecular complexity index is 729. The summed E-state index contributed by atoms with van der Waals surface area (Å²) in [6.45, 7) is 6.52. The second-order valence-corrected chi connectivity index (χ2v) is 5.21. The molecule has 2 aromatic heterocycles. The molecule has 0 spiro atoms. The van der Waals surface area contributed by atoms with Crippen molar-refractivity contribution < 1.29 is 4.52 Å². The van der Waals surface area contributed by atoms with Gasteiger partial charge in [0.25, 0.3) is 0 Å². The van der Waals surface area contributed by atoms with Crippen molar-refractivity contribution in [1.82, 2.24) is 20.0 Å². The molecule has 0 bridgehead atoms. The van der Waals surface area contributed by atoms with E-state index in [1.807, 2.05) is 6.92 Å². The maximum absolute atomic E-state index is 5.23. The van der Waals surface area contributed by atoms with Crippen LogP contribution in [0.1, 0.15) is 30.6 Å². The van der Waals surface area contributed by atoms with Crippen molar-refractivity contribution in [2.45, 2.75) is 33.4 Å². The van der Waals surface area contributed by atoms with Gasteiger partial charge in [0.2, 0.25) is 5.89 Å². The average molecular weight is 284 g/mol. The normalized spacial score (nSPS) is 11.3. The van der Waals surface area contributed by atoms with Gasteiger partial charge in [-0.1, -0.05) is 30.3 Å². The highest BCUT2D eigenvalue weighted by Gasteiger charge is 2.10. The lowest BCUT2D eigenvalue weighted by atomic mass is 10.2. The second-order valence-electron chi connectivity index (χ2n) is 5.21. The Morgan fingerprint density at radius 2 is 2.14 bits per heavy atom. The van der Waals surface area contributed by atoms with E-state index in [1.165, 1.54) is 16.5 Å². The zero-order valence-electron chi connectivity index (χ0n) is 12.5. The number of para-hydroxylation sites is 1. The summed E-state index contributed by atoms with van der Waals surface area (Å²) in [6, 6.07) is 8.42. The van der Waals surface area contributed by atoms with Crippen LogP contribution in [0.2, 0.25) is 0 Å². The van der Waals surface area contributed by atoms with Crippen LogP contribution in [0.15, 0.2) is 35.0 Å². The quantitative estimate of drug-likeness (QED) is 0.707. The van der Waals surface area contributed by atoms with Gasteiger partial charge < -0.3 is 14.4 Å². The lowest BCUT2D eigenvalue weighted by Gasteiger charge is -2.00. The summed E-state index contributed by atoms with van der Waals surface area (Å²) in [5, 5.41) is 8.58. The van der Waals surface area contributed by atoms with Crippen LogP contribution in [0.4, 0.5) is 0 Å². The Morgan fingerprint density at radius 3 is 2.90 bits per heavy atom. The summed E-state index contributed by atoms with van der Waals surface area (Å²) >= 11 is 0. The van der Waals surface area contributed by atoms with E-state index in [0.29, 0.717) is 18.3 Å². The molecular weight excluding hydrogens is 264 g/mol. The number of hydrogen-bond acceptors (Lipinski definition) is 4. The first-order valence-electron chi connectivity index (χ1n) is 7.34. The fraction of sp³-hybridized carbons (Fsp3) is 0.375. The number of nitrogens with zero attached hydrogens (tertiary/aromatic N) is 3. The van der Waals surface area contributed by atoms with Gasteiger partial charge in [-0.15, -0.1) is 0 Å². The molecule has 0 atom stereocenters. The molecular formula is C16H20N4O. The Morgan fingerprint density at radius 1 is 1.29 bits per heavy atom. The van der Waals surface area contributed by atoms with Crippen molar-refractivity contribution in [3.8, 4) is 0 Å². The number of rotatable bonds is 6. The molecule has 0 radical (unpaired) electrons. The van der Waals surface area contributed by atoms with Gasteiger partial charge in [0.05, 0.1) is 0 Å². The van der Waals surface area contributed by atoms with Crippen LogP contribution in [0.25, 0.3) is 10.9 Å². The van der Waals surface area contributed by atoms with Gasteiger partial charge in [-0.2, -0.15) is 4.98 Å². The molecule has 0 saturated heterocycles. The summed E-state index contributed by atoms with van der Waals surface area (Å²) in [5.41, 5.74) is 2.50. The maximum Gasteiger partial charge on any atom is 0.246 e. The first-order valence-corrected chi connectivity index (χ1v) is 7.34. The van der Waals surface area contributed by atoms with Crippen LogP contribution in [0, 0.1) is 6.92 Å². The highest BCUT2D eigenvalue weighted by atomic mass is 16.5. The molecule has 3 rings (SSSR count). The summed E-state index contributed by atoms with van der Waals surface area (Å²) in [6.07, 6.45) is 3.31. The number of benzene rings is 1. The van der Waals surface area contributed by atoms with E-state index in [1.54, 1.807) is 0 Å². The zero-order chi connectivity index (χ0) is 14.7. The molecule has 5 nitrogen and oxygen atoms in total. The van der Waals surface area contributed by atoms with E-state index >= 15 is 0 Å². The molecule has 1 aromatic carbocycles. The van der Waals surface area contributed by atoms with Crippen LogP contribution < -0.4 is 5.32 Å². The molecule has 21 heavy (non-hydrogen) atoms. The topological polar surface area (TPSA) is 55.9 Å². The minimum absolute atomic E-state index is 0.606. The molecule has 2 heterocycles. The summed E-state index contributed by atoms with van der Waals surface area (Å²) in [5.74, 6) is 1.31. The molecule has 0 unspecified atom stereocenters. The largest absolute Gasteiger partial charge is 0.338 e. The fourth-order valence-electron chi connectivity index (χ4n) is 2.54. The van der Waals surface area contributed by atoms with Crippen molar-refractivity contribution >= 4 is 10.9 Å². The predicted molar refractivity (Wildman–Crippen MR) is 82.1 cm³/mol. The third-order valence-electron chi connectivity index (χ3n) is 3.49. The number of aromatic nitrogens is 3. The number of fused-ring (bicyclic) bond motifs is 1. The monoisotopic (exact) mass is 284 g/mol. The summed E-state index contributed by atoms with van der Waals surface area (Å²) < 4.78 is 7.40. The van der Waals surface area contributed by atoms with Gasteiger partial charge in [0.1, 0.15) is 6.54 Å². The Labute approximate surface area is 124 Å². The molecule has 1 N–H and O–H groups in total. The van der Waals surface area contributed by atoms with Crippen molar-refractivity contribution in [1.29, 1.82) is 0 Å².